The highest BCUT2D eigenvalue weighted by atomic mass is 17.1. The average Bonchev–Trinajstić information content (AvgIpc) is 3.35. The zero-order chi connectivity index (χ0) is 19.1. The van der Waals surface area contributed by atoms with Crippen molar-refractivity contribution in [3.05, 3.63) is 101 Å². The first-order valence-electron chi connectivity index (χ1n) is 8.92. The van der Waals surface area contributed by atoms with Crippen LogP contribution in [0.5, 0.6) is 11.5 Å². The van der Waals surface area contributed by atoms with E-state index in [2.05, 4.69) is 4.89 Å². The number of carbonyl (C=O) groups is 1. The number of hydrogen-bond acceptors (Lipinski definition) is 5. The van der Waals surface area contributed by atoms with Crippen LogP contribution < -0.4 is 9.47 Å². The second kappa shape index (κ2) is 6.55. The zero-order valence-corrected chi connectivity index (χ0v) is 14.8. The molecule has 1 atom stereocenters. The Hall–Kier alpha value is -3.57. The lowest BCUT2D eigenvalue weighted by Crippen LogP contribution is -2.13. The fourth-order valence-electron chi connectivity index (χ4n) is 4.05. The van der Waals surface area contributed by atoms with Gasteiger partial charge in [-0.25, -0.2) is 4.79 Å². The first-order chi connectivity index (χ1) is 13.8. The van der Waals surface area contributed by atoms with Crippen LogP contribution in [0, 0.1) is 0 Å². The van der Waals surface area contributed by atoms with Crippen molar-refractivity contribution in [1.82, 2.24) is 0 Å². The molecular weight excluding hydrogens is 356 g/mol. The van der Waals surface area contributed by atoms with Crippen molar-refractivity contribution in [2.45, 2.75) is 5.92 Å². The lowest BCUT2D eigenvalue weighted by atomic mass is 9.88. The molecule has 1 heterocycles. The number of benzene rings is 3. The minimum Gasteiger partial charge on any atom is -0.454 e. The predicted octanol–water partition coefficient (Wildman–Crippen LogP) is 4.38. The predicted molar refractivity (Wildman–Crippen MR) is 102 cm³/mol. The largest absolute Gasteiger partial charge is 0.454 e. The summed E-state index contributed by atoms with van der Waals surface area (Å²) in [5.41, 5.74) is 4.82. The van der Waals surface area contributed by atoms with E-state index in [1.165, 1.54) is 0 Å². The second-order valence-corrected chi connectivity index (χ2v) is 6.67. The Bertz CT molecular complexity index is 1100. The van der Waals surface area contributed by atoms with Gasteiger partial charge in [0.15, 0.2) is 11.5 Å². The van der Waals surface area contributed by atoms with Crippen LogP contribution >= 0.6 is 0 Å². The fourth-order valence-corrected chi connectivity index (χ4v) is 4.05. The molecule has 0 spiro atoms. The van der Waals surface area contributed by atoms with Gasteiger partial charge in [0.05, 0.1) is 5.57 Å². The summed E-state index contributed by atoms with van der Waals surface area (Å²) in [7, 11) is 0. The Morgan fingerprint density at radius 2 is 1.68 bits per heavy atom. The van der Waals surface area contributed by atoms with Crippen molar-refractivity contribution in [1.29, 1.82) is 0 Å². The van der Waals surface area contributed by atoms with E-state index in [0.29, 0.717) is 17.1 Å². The van der Waals surface area contributed by atoms with Crippen molar-refractivity contribution in [2.24, 2.45) is 0 Å². The van der Waals surface area contributed by atoms with Crippen molar-refractivity contribution in [3.63, 3.8) is 0 Å². The van der Waals surface area contributed by atoms with Crippen molar-refractivity contribution in [2.75, 3.05) is 6.79 Å². The fraction of sp³-hybridized carbons (Fsp3) is 0.0870. The minimum atomic E-state index is -0.766. The quantitative estimate of drug-likeness (QED) is 0.546. The molecule has 3 aromatic rings. The Labute approximate surface area is 161 Å². The van der Waals surface area contributed by atoms with Gasteiger partial charge in [0, 0.05) is 11.5 Å². The van der Waals surface area contributed by atoms with Gasteiger partial charge in [0.2, 0.25) is 6.79 Å². The van der Waals surface area contributed by atoms with Crippen LogP contribution in [0.4, 0.5) is 0 Å². The maximum atomic E-state index is 12.7. The molecule has 2 aliphatic rings. The number of carbonyl (C=O) groups excluding carboxylic acids is 1. The Morgan fingerprint density at radius 3 is 2.50 bits per heavy atom. The van der Waals surface area contributed by atoms with Gasteiger partial charge in [-0.3, -0.25) is 4.89 Å². The van der Waals surface area contributed by atoms with Gasteiger partial charge in [0.1, 0.15) is 0 Å². The first kappa shape index (κ1) is 16.6. The molecule has 0 saturated heterocycles. The standard InChI is InChI=1S/C23H16O5/c24-23(28-25)22-20(14-6-2-1-3-7-14)16-8-4-5-9-17(16)21(22)15-10-11-18-19(12-15)27-13-26-18/h1-12,21,25H,13H2. The molecule has 5 rings (SSSR count). The summed E-state index contributed by atoms with van der Waals surface area (Å²) >= 11 is 0. The third-order valence-electron chi connectivity index (χ3n) is 5.19. The van der Waals surface area contributed by atoms with Crippen molar-refractivity contribution >= 4 is 11.5 Å². The SMILES string of the molecule is O=C(OO)C1=C(c2ccccc2)c2ccccc2C1c1ccc2c(c1)OCO2. The van der Waals surface area contributed by atoms with E-state index in [1.54, 1.807) is 0 Å². The van der Waals surface area contributed by atoms with E-state index in [9.17, 15) is 10.1 Å². The van der Waals surface area contributed by atoms with E-state index in [-0.39, 0.29) is 12.7 Å². The van der Waals surface area contributed by atoms with Crippen LogP contribution in [-0.4, -0.2) is 18.0 Å². The van der Waals surface area contributed by atoms with Crippen molar-refractivity contribution < 1.29 is 24.4 Å². The monoisotopic (exact) mass is 372 g/mol. The Kier molecular flexibility index (Phi) is 3.88. The molecule has 0 fully saturated rings. The summed E-state index contributed by atoms with van der Waals surface area (Å²) in [4.78, 5) is 16.9. The Balaban J connectivity index is 1.77. The third-order valence-corrected chi connectivity index (χ3v) is 5.19. The smallest absolute Gasteiger partial charge is 0.370 e. The minimum absolute atomic E-state index is 0.177. The van der Waals surface area contributed by atoms with Crippen LogP contribution in [-0.2, 0) is 9.68 Å². The van der Waals surface area contributed by atoms with Crippen LogP contribution in [0.2, 0.25) is 0 Å². The number of hydrogen-bond donors (Lipinski definition) is 1. The van der Waals surface area contributed by atoms with E-state index in [1.807, 2.05) is 72.8 Å². The molecule has 0 bridgehead atoms. The summed E-state index contributed by atoms with van der Waals surface area (Å²) in [6.07, 6.45) is 0. The lowest BCUT2D eigenvalue weighted by Gasteiger charge is -2.16. The highest BCUT2D eigenvalue weighted by Gasteiger charge is 2.38. The molecule has 3 aromatic carbocycles. The van der Waals surface area contributed by atoms with Crippen molar-refractivity contribution in [3.8, 4) is 11.5 Å². The molecule has 1 N–H and O–H groups in total. The number of fused-ring (bicyclic) bond motifs is 2. The van der Waals surface area contributed by atoms with Gasteiger partial charge in [-0.1, -0.05) is 60.7 Å². The van der Waals surface area contributed by atoms with E-state index in [4.69, 9.17) is 9.47 Å². The summed E-state index contributed by atoms with van der Waals surface area (Å²) in [5.74, 6) is 0.159. The molecule has 1 unspecified atom stereocenters. The van der Waals surface area contributed by atoms with Gasteiger partial charge >= 0.3 is 5.97 Å². The van der Waals surface area contributed by atoms with Crippen LogP contribution in [0.3, 0.4) is 0 Å². The summed E-state index contributed by atoms with van der Waals surface area (Å²) in [6, 6.07) is 23.1. The van der Waals surface area contributed by atoms with Crippen LogP contribution in [0.1, 0.15) is 28.2 Å². The maximum Gasteiger partial charge on any atom is 0.370 e. The molecule has 1 aliphatic heterocycles. The molecule has 0 aromatic heterocycles. The summed E-state index contributed by atoms with van der Waals surface area (Å²) in [5, 5.41) is 9.23. The van der Waals surface area contributed by atoms with Crippen LogP contribution in [0.25, 0.3) is 5.57 Å². The van der Waals surface area contributed by atoms with Gasteiger partial charge < -0.3 is 9.47 Å². The third kappa shape index (κ3) is 2.48. The lowest BCUT2D eigenvalue weighted by molar-refractivity contribution is -0.229. The van der Waals surface area contributed by atoms with Crippen LogP contribution in [0.15, 0.2) is 78.4 Å². The van der Waals surface area contributed by atoms with Gasteiger partial charge in [0.25, 0.3) is 0 Å². The molecule has 0 radical (unpaired) electrons. The van der Waals surface area contributed by atoms with Gasteiger partial charge in [-0.2, -0.15) is 5.26 Å². The molecule has 5 heteroatoms. The highest BCUT2D eigenvalue weighted by Crippen LogP contribution is 2.49. The normalized spacial score (nSPS) is 16.8. The summed E-state index contributed by atoms with van der Waals surface area (Å²) in [6.45, 7) is 0.177. The topological polar surface area (TPSA) is 65.0 Å². The zero-order valence-electron chi connectivity index (χ0n) is 14.8. The maximum absolute atomic E-state index is 12.7. The number of rotatable bonds is 3. The van der Waals surface area contributed by atoms with Gasteiger partial charge in [-0.15, -0.1) is 0 Å². The average molecular weight is 372 g/mol. The molecule has 5 nitrogen and oxygen atoms in total. The molecule has 28 heavy (non-hydrogen) atoms. The summed E-state index contributed by atoms with van der Waals surface area (Å²) < 4.78 is 10.9. The highest BCUT2D eigenvalue weighted by molar-refractivity contribution is 6.07. The number of ether oxygens (including phenoxy) is 2. The molecule has 138 valence electrons. The second-order valence-electron chi connectivity index (χ2n) is 6.67. The van der Waals surface area contributed by atoms with E-state index >= 15 is 0 Å². The molecule has 0 amide bonds. The van der Waals surface area contributed by atoms with E-state index < -0.39 is 5.97 Å². The van der Waals surface area contributed by atoms with Gasteiger partial charge in [-0.05, 0) is 34.4 Å². The molecular formula is C23H16O5. The first-order valence-corrected chi connectivity index (χ1v) is 8.92. The molecule has 0 saturated carbocycles. The Morgan fingerprint density at radius 1 is 0.929 bits per heavy atom. The van der Waals surface area contributed by atoms with E-state index in [0.717, 1.165) is 27.8 Å². The molecule has 1 aliphatic carbocycles.